The van der Waals surface area contributed by atoms with Gasteiger partial charge in [-0.2, -0.15) is 0 Å². The van der Waals surface area contributed by atoms with Crippen LogP contribution < -0.4 is 0 Å². The third-order valence-corrected chi connectivity index (χ3v) is 2.24. The molecule has 1 unspecified atom stereocenters. The molecule has 0 rings (SSSR count). The van der Waals surface area contributed by atoms with E-state index in [4.69, 9.17) is 24.4 Å². The molecule has 7 nitrogen and oxygen atoms in total. The van der Waals surface area contributed by atoms with Gasteiger partial charge >= 0.3 is 11.9 Å². The Morgan fingerprint density at radius 3 is 2.06 bits per heavy atom. The first kappa shape index (κ1) is 16.8. The lowest BCUT2D eigenvalue weighted by Gasteiger charge is -2.36. The fourth-order valence-electron chi connectivity index (χ4n) is 1.33. The van der Waals surface area contributed by atoms with Crippen LogP contribution in [0.15, 0.2) is 0 Å². The maximum Gasteiger partial charge on any atom is 0.329 e. The summed E-state index contributed by atoms with van der Waals surface area (Å²) in [6, 6.07) is 0. The summed E-state index contributed by atoms with van der Waals surface area (Å²) >= 11 is 0. The first-order chi connectivity index (χ1) is 8.34. The van der Waals surface area contributed by atoms with Gasteiger partial charge in [-0.15, -0.1) is 0 Å². The van der Waals surface area contributed by atoms with Crippen molar-refractivity contribution in [2.45, 2.75) is 26.6 Å². The molecule has 0 saturated carbocycles. The SMILES string of the molecule is CCOC(COCC(=O)O)(OCC(=O)O)C(C)C. The van der Waals surface area contributed by atoms with Gasteiger partial charge in [0.05, 0.1) is 0 Å². The minimum absolute atomic E-state index is 0.141. The van der Waals surface area contributed by atoms with Gasteiger partial charge in [-0.25, -0.2) is 9.59 Å². The number of hydrogen-bond acceptors (Lipinski definition) is 5. The second kappa shape index (κ2) is 8.02. The van der Waals surface area contributed by atoms with Crippen molar-refractivity contribution in [3.8, 4) is 0 Å². The summed E-state index contributed by atoms with van der Waals surface area (Å²) in [6.45, 7) is 4.43. The molecule has 7 heteroatoms. The number of aliphatic carboxylic acids is 2. The zero-order chi connectivity index (χ0) is 14.2. The highest BCUT2D eigenvalue weighted by Gasteiger charge is 2.37. The van der Waals surface area contributed by atoms with Crippen molar-refractivity contribution in [2.24, 2.45) is 5.92 Å². The van der Waals surface area contributed by atoms with Gasteiger partial charge in [-0.3, -0.25) is 0 Å². The fourth-order valence-corrected chi connectivity index (χ4v) is 1.33. The van der Waals surface area contributed by atoms with Crippen LogP contribution >= 0.6 is 0 Å². The predicted octanol–water partition coefficient (Wildman–Crippen LogP) is 0.578. The number of carbonyl (C=O) groups is 2. The molecule has 0 bridgehead atoms. The molecule has 0 aliphatic heterocycles. The zero-order valence-electron chi connectivity index (χ0n) is 10.8. The third kappa shape index (κ3) is 5.95. The van der Waals surface area contributed by atoms with Gasteiger partial charge in [0.15, 0.2) is 5.79 Å². The number of ether oxygens (including phenoxy) is 3. The number of carboxylic acids is 2. The lowest BCUT2D eigenvalue weighted by Crippen LogP contribution is -2.47. The van der Waals surface area contributed by atoms with Gasteiger partial charge in [0.1, 0.15) is 19.8 Å². The average Bonchev–Trinajstić information content (AvgIpc) is 2.24. The molecule has 1 atom stereocenters. The Hall–Kier alpha value is -1.18. The summed E-state index contributed by atoms with van der Waals surface area (Å²) in [6.07, 6.45) is 0. The predicted molar refractivity (Wildman–Crippen MR) is 61.2 cm³/mol. The minimum Gasteiger partial charge on any atom is -0.480 e. The molecule has 0 heterocycles. The normalized spacial score (nSPS) is 14.4. The lowest BCUT2D eigenvalue weighted by atomic mass is 10.0. The summed E-state index contributed by atoms with van der Waals surface area (Å²) in [5, 5.41) is 17.1. The summed E-state index contributed by atoms with van der Waals surface area (Å²) in [5.41, 5.74) is 0. The number of hydrogen-bond donors (Lipinski definition) is 2. The summed E-state index contributed by atoms with van der Waals surface area (Å²) < 4.78 is 15.6. The average molecular weight is 264 g/mol. The minimum atomic E-state index is -1.25. The van der Waals surface area contributed by atoms with Crippen LogP contribution in [0, 0.1) is 5.92 Å². The molecule has 2 N–H and O–H groups in total. The molecule has 106 valence electrons. The Bertz CT molecular complexity index is 277. The van der Waals surface area contributed by atoms with Crippen molar-refractivity contribution < 1.29 is 34.0 Å². The molecule has 0 aromatic carbocycles. The Morgan fingerprint density at radius 2 is 1.67 bits per heavy atom. The molecule has 0 amide bonds. The van der Waals surface area contributed by atoms with Crippen LogP contribution in [0.1, 0.15) is 20.8 Å². The Balaban J connectivity index is 4.62. The van der Waals surface area contributed by atoms with Crippen LogP contribution in [0.2, 0.25) is 0 Å². The van der Waals surface area contributed by atoms with Crippen LogP contribution in [-0.4, -0.2) is 54.4 Å². The van der Waals surface area contributed by atoms with E-state index in [1.54, 1.807) is 20.8 Å². The largest absolute Gasteiger partial charge is 0.480 e. The van der Waals surface area contributed by atoms with E-state index in [2.05, 4.69) is 0 Å². The summed E-state index contributed by atoms with van der Waals surface area (Å²) in [7, 11) is 0. The molecule has 0 aromatic heterocycles. The van der Waals surface area contributed by atoms with Crippen molar-refractivity contribution in [1.82, 2.24) is 0 Å². The van der Waals surface area contributed by atoms with E-state index in [9.17, 15) is 9.59 Å². The number of carboxylic acid groups (broad SMARTS) is 2. The lowest BCUT2D eigenvalue weighted by molar-refractivity contribution is -0.281. The van der Waals surface area contributed by atoms with Crippen LogP contribution in [-0.2, 0) is 23.8 Å². The number of rotatable bonds is 10. The Morgan fingerprint density at radius 1 is 1.11 bits per heavy atom. The first-order valence-corrected chi connectivity index (χ1v) is 5.63. The third-order valence-electron chi connectivity index (χ3n) is 2.24. The van der Waals surface area contributed by atoms with Gasteiger partial charge in [0.2, 0.25) is 0 Å². The van der Waals surface area contributed by atoms with E-state index in [0.29, 0.717) is 6.61 Å². The quantitative estimate of drug-likeness (QED) is 0.556. The van der Waals surface area contributed by atoms with E-state index in [-0.39, 0.29) is 12.5 Å². The van der Waals surface area contributed by atoms with Crippen molar-refractivity contribution >= 4 is 11.9 Å². The van der Waals surface area contributed by atoms with E-state index in [1.807, 2.05) is 0 Å². The monoisotopic (exact) mass is 264 g/mol. The van der Waals surface area contributed by atoms with E-state index >= 15 is 0 Å². The van der Waals surface area contributed by atoms with Crippen LogP contribution in [0.3, 0.4) is 0 Å². The molecular formula is C11H20O7. The molecule has 0 aliphatic rings. The second-order valence-corrected chi connectivity index (χ2v) is 3.97. The molecule has 0 aromatic rings. The Labute approximate surface area is 106 Å². The molecular weight excluding hydrogens is 244 g/mol. The summed E-state index contributed by atoms with van der Waals surface area (Å²) in [4.78, 5) is 20.9. The molecule has 0 spiro atoms. The maximum atomic E-state index is 10.5. The smallest absolute Gasteiger partial charge is 0.329 e. The highest BCUT2D eigenvalue weighted by atomic mass is 16.7. The van der Waals surface area contributed by atoms with Crippen molar-refractivity contribution in [1.29, 1.82) is 0 Å². The Kier molecular flexibility index (Phi) is 7.49. The second-order valence-electron chi connectivity index (χ2n) is 3.97. The first-order valence-electron chi connectivity index (χ1n) is 5.63. The van der Waals surface area contributed by atoms with E-state index in [1.165, 1.54) is 0 Å². The fraction of sp³-hybridized carbons (Fsp3) is 0.818. The van der Waals surface area contributed by atoms with Crippen LogP contribution in [0.4, 0.5) is 0 Å². The summed E-state index contributed by atoms with van der Waals surface area (Å²) in [5.74, 6) is -3.67. The highest BCUT2D eigenvalue weighted by molar-refractivity contribution is 5.68. The highest BCUT2D eigenvalue weighted by Crippen LogP contribution is 2.24. The molecule has 0 aliphatic carbocycles. The molecule has 0 fully saturated rings. The molecule has 18 heavy (non-hydrogen) atoms. The maximum absolute atomic E-state index is 10.5. The standard InChI is InChI=1S/C11H20O7/c1-4-17-11(8(2)3,18-6-10(14)15)7-16-5-9(12)13/h8H,4-7H2,1-3H3,(H,12,13)(H,14,15). The van der Waals surface area contributed by atoms with Gasteiger partial charge in [0, 0.05) is 12.5 Å². The van der Waals surface area contributed by atoms with Crippen molar-refractivity contribution in [2.75, 3.05) is 26.4 Å². The van der Waals surface area contributed by atoms with Crippen molar-refractivity contribution in [3.63, 3.8) is 0 Å². The van der Waals surface area contributed by atoms with Gasteiger partial charge in [-0.05, 0) is 6.92 Å². The molecule has 0 radical (unpaired) electrons. The van der Waals surface area contributed by atoms with Crippen molar-refractivity contribution in [3.05, 3.63) is 0 Å². The van der Waals surface area contributed by atoms with Gasteiger partial charge < -0.3 is 24.4 Å². The van der Waals surface area contributed by atoms with Gasteiger partial charge in [-0.1, -0.05) is 13.8 Å². The zero-order valence-corrected chi connectivity index (χ0v) is 10.8. The van der Waals surface area contributed by atoms with Crippen LogP contribution in [0.25, 0.3) is 0 Å². The van der Waals surface area contributed by atoms with Crippen LogP contribution in [0.5, 0.6) is 0 Å². The van der Waals surface area contributed by atoms with E-state index in [0.717, 1.165) is 0 Å². The van der Waals surface area contributed by atoms with E-state index < -0.39 is 30.9 Å². The molecule has 0 saturated heterocycles. The topological polar surface area (TPSA) is 102 Å². The van der Waals surface area contributed by atoms with Gasteiger partial charge in [0.25, 0.3) is 0 Å².